The van der Waals surface area contributed by atoms with E-state index in [1.807, 2.05) is 24.3 Å². The van der Waals surface area contributed by atoms with Crippen LogP contribution in [0.2, 0.25) is 0 Å². The Morgan fingerprint density at radius 3 is 2.31 bits per heavy atom. The van der Waals surface area contributed by atoms with E-state index in [1.165, 1.54) is 12.5 Å². The van der Waals surface area contributed by atoms with Gasteiger partial charge in [-0.2, -0.15) is 0 Å². The fourth-order valence-corrected chi connectivity index (χ4v) is 2.86. The van der Waals surface area contributed by atoms with Crippen LogP contribution in [0.5, 0.6) is 0 Å². The minimum Gasteiger partial charge on any atom is -0.379 e. The van der Waals surface area contributed by atoms with Crippen LogP contribution in [-0.2, 0) is 16.1 Å². The summed E-state index contributed by atoms with van der Waals surface area (Å²) < 4.78 is 5.36. The summed E-state index contributed by atoms with van der Waals surface area (Å²) in [6.07, 6.45) is 0. The number of nitrogens with one attached hydrogen (secondary N) is 2. The number of hydrogen-bond acceptors (Lipinski definition) is 4. The number of ether oxygens (including phenoxy) is 1. The maximum atomic E-state index is 12.4. The molecule has 1 aliphatic rings. The molecular formula is C20H23N3O3. The quantitative estimate of drug-likeness (QED) is 0.867. The molecule has 2 aromatic carbocycles. The zero-order chi connectivity index (χ0) is 18.4. The predicted molar refractivity (Wildman–Crippen MR) is 101 cm³/mol. The number of benzene rings is 2. The molecule has 0 spiro atoms. The van der Waals surface area contributed by atoms with E-state index >= 15 is 0 Å². The Labute approximate surface area is 153 Å². The molecule has 0 aromatic heterocycles. The van der Waals surface area contributed by atoms with Crippen molar-refractivity contribution in [2.75, 3.05) is 36.9 Å². The van der Waals surface area contributed by atoms with Crippen molar-refractivity contribution in [2.45, 2.75) is 13.5 Å². The number of carbonyl (C=O) groups is 2. The van der Waals surface area contributed by atoms with Crippen LogP contribution in [0.3, 0.4) is 0 Å². The van der Waals surface area contributed by atoms with E-state index in [4.69, 9.17) is 4.74 Å². The summed E-state index contributed by atoms with van der Waals surface area (Å²) in [5.41, 5.74) is 3.06. The topological polar surface area (TPSA) is 70.7 Å². The molecule has 0 bridgehead atoms. The minimum absolute atomic E-state index is 0.149. The van der Waals surface area contributed by atoms with Crippen molar-refractivity contribution in [3.8, 4) is 0 Å². The van der Waals surface area contributed by atoms with Crippen LogP contribution in [0.15, 0.2) is 48.5 Å². The number of amides is 2. The highest BCUT2D eigenvalue weighted by atomic mass is 16.5. The van der Waals surface area contributed by atoms with E-state index in [0.29, 0.717) is 16.9 Å². The first-order valence-electron chi connectivity index (χ1n) is 8.68. The predicted octanol–water partition coefficient (Wildman–Crippen LogP) is 2.73. The average molecular weight is 353 g/mol. The van der Waals surface area contributed by atoms with E-state index in [9.17, 15) is 9.59 Å². The summed E-state index contributed by atoms with van der Waals surface area (Å²) in [4.78, 5) is 25.9. The first-order chi connectivity index (χ1) is 12.6. The van der Waals surface area contributed by atoms with Gasteiger partial charge >= 0.3 is 0 Å². The van der Waals surface area contributed by atoms with E-state index in [2.05, 4.69) is 15.5 Å². The van der Waals surface area contributed by atoms with Gasteiger partial charge in [0.15, 0.2) is 0 Å². The molecule has 6 heteroatoms. The first-order valence-corrected chi connectivity index (χ1v) is 8.68. The fourth-order valence-electron chi connectivity index (χ4n) is 2.86. The third kappa shape index (κ3) is 5.15. The monoisotopic (exact) mass is 353 g/mol. The van der Waals surface area contributed by atoms with Crippen molar-refractivity contribution in [1.82, 2.24) is 4.90 Å². The fraction of sp³-hybridized carbons (Fsp3) is 0.300. The normalized spacial score (nSPS) is 14.7. The molecule has 2 amide bonds. The Bertz CT molecular complexity index is 768. The van der Waals surface area contributed by atoms with Crippen LogP contribution >= 0.6 is 0 Å². The molecule has 0 aliphatic carbocycles. The molecule has 0 unspecified atom stereocenters. The molecule has 0 saturated carbocycles. The highest BCUT2D eigenvalue weighted by Gasteiger charge is 2.11. The Balaban J connectivity index is 1.60. The number of morpholine rings is 1. The van der Waals surface area contributed by atoms with Crippen molar-refractivity contribution < 1.29 is 14.3 Å². The molecule has 136 valence electrons. The van der Waals surface area contributed by atoms with Crippen LogP contribution < -0.4 is 10.6 Å². The van der Waals surface area contributed by atoms with Crippen LogP contribution in [0.1, 0.15) is 22.8 Å². The summed E-state index contributed by atoms with van der Waals surface area (Å²) in [5, 5.41) is 5.56. The molecule has 26 heavy (non-hydrogen) atoms. The third-order valence-electron chi connectivity index (χ3n) is 4.17. The van der Waals surface area contributed by atoms with Gasteiger partial charge < -0.3 is 15.4 Å². The zero-order valence-electron chi connectivity index (χ0n) is 14.8. The van der Waals surface area contributed by atoms with Crippen molar-refractivity contribution >= 4 is 23.2 Å². The molecule has 0 radical (unpaired) electrons. The lowest BCUT2D eigenvalue weighted by Crippen LogP contribution is -2.35. The van der Waals surface area contributed by atoms with Gasteiger partial charge in [0.2, 0.25) is 5.91 Å². The minimum atomic E-state index is -0.178. The maximum absolute atomic E-state index is 12.4. The van der Waals surface area contributed by atoms with Crippen LogP contribution in [0, 0.1) is 0 Å². The summed E-state index contributed by atoms with van der Waals surface area (Å²) in [5.74, 6) is -0.327. The molecule has 6 nitrogen and oxygen atoms in total. The van der Waals surface area contributed by atoms with Gasteiger partial charge in [0, 0.05) is 43.5 Å². The Morgan fingerprint density at radius 1 is 1.00 bits per heavy atom. The molecule has 1 fully saturated rings. The third-order valence-corrected chi connectivity index (χ3v) is 4.17. The SMILES string of the molecule is CC(=O)Nc1cccc(NC(=O)c2ccc(CN3CCOCC3)cc2)c1. The number of carbonyl (C=O) groups excluding carboxylic acids is 2. The first kappa shape index (κ1) is 18.1. The summed E-state index contributed by atoms with van der Waals surface area (Å²) in [6.45, 7) is 5.74. The van der Waals surface area contributed by atoms with Gasteiger partial charge in [-0.3, -0.25) is 14.5 Å². The van der Waals surface area contributed by atoms with Crippen molar-refractivity contribution in [3.05, 3.63) is 59.7 Å². The van der Waals surface area contributed by atoms with Crippen LogP contribution in [0.4, 0.5) is 11.4 Å². The van der Waals surface area contributed by atoms with E-state index in [-0.39, 0.29) is 11.8 Å². The summed E-state index contributed by atoms with van der Waals surface area (Å²) in [6, 6.07) is 14.7. The van der Waals surface area contributed by atoms with Gasteiger partial charge in [0.1, 0.15) is 0 Å². The van der Waals surface area contributed by atoms with Gasteiger partial charge in [0.25, 0.3) is 5.91 Å². The van der Waals surface area contributed by atoms with Crippen LogP contribution in [-0.4, -0.2) is 43.0 Å². The lowest BCUT2D eigenvalue weighted by atomic mass is 10.1. The van der Waals surface area contributed by atoms with Crippen molar-refractivity contribution in [1.29, 1.82) is 0 Å². The molecule has 1 heterocycles. The molecular weight excluding hydrogens is 330 g/mol. The second kappa shape index (κ2) is 8.60. The van der Waals surface area contributed by atoms with Crippen LogP contribution in [0.25, 0.3) is 0 Å². The molecule has 1 aliphatic heterocycles. The van der Waals surface area contributed by atoms with Gasteiger partial charge in [-0.1, -0.05) is 18.2 Å². The summed E-state index contributed by atoms with van der Waals surface area (Å²) in [7, 11) is 0. The van der Waals surface area contributed by atoms with Gasteiger partial charge in [-0.25, -0.2) is 0 Å². The lowest BCUT2D eigenvalue weighted by Gasteiger charge is -2.26. The molecule has 2 N–H and O–H groups in total. The smallest absolute Gasteiger partial charge is 0.255 e. The molecule has 2 aromatic rings. The second-order valence-corrected chi connectivity index (χ2v) is 6.30. The molecule has 3 rings (SSSR count). The highest BCUT2D eigenvalue weighted by molar-refractivity contribution is 6.04. The average Bonchev–Trinajstić information content (AvgIpc) is 2.63. The largest absolute Gasteiger partial charge is 0.379 e. The Kier molecular flexibility index (Phi) is 5.99. The van der Waals surface area contributed by atoms with E-state index in [0.717, 1.165) is 32.8 Å². The van der Waals surface area contributed by atoms with Gasteiger partial charge in [-0.05, 0) is 35.9 Å². The highest BCUT2D eigenvalue weighted by Crippen LogP contribution is 2.17. The lowest BCUT2D eigenvalue weighted by molar-refractivity contribution is -0.114. The van der Waals surface area contributed by atoms with Gasteiger partial charge in [0.05, 0.1) is 13.2 Å². The number of rotatable bonds is 5. The molecule has 1 saturated heterocycles. The maximum Gasteiger partial charge on any atom is 0.255 e. The van der Waals surface area contributed by atoms with E-state index in [1.54, 1.807) is 24.3 Å². The number of hydrogen-bond donors (Lipinski definition) is 2. The Morgan fingerprint density at radius 2 is 1.65 bits per heavy atom. The molecule has 0 atom stereocenters. The second-order valence-electron chi connectivity index (χ2n) is 6.30. The number of nitrogens with zero attached hydrogens (tertiary/aromatic N) is 1. The zero-order valence-corrected chi connectivity index (χ0v) is 14.8. The van der Waals surface area contributed by atoms with Crippen molar-refractivity contribution in [2.24, 2.45) is 0 Å². The van der Waals surface area contributed by atoms with E-state index < -0.39 is 0 Å². The number of anilines is 2. The van der Waals surface area contributed by atoms with Crippen molar-refractivity contribution in [3.63, 3.8) is 0 Å². The Hall–Kier alpha value is -2.70. The standard InChI is InChI=1S/C20H23N3O3/c1-15(24)21-18-3-2-4-19(13-18)22-20(25)17-7-5-16(6-8-17)14-23-9-11-26-12-10-23/h2-8,13H,9-12,14H2,1H3,(H,21,24)(H,22,25). The summed E-state index contributed by atoms with van der Waals surface area (Å²) >= 11 is 0. The van der Waals surface area contributed by atoms with Gasteiger partial charge in [-0.15, -0.1) is 0 Å².